The van der Waals surface area contributed by atoms with Crippen LogP contribution in [0.5, 0.6) is 0 Å². The van der Waals surface area contributed by atoms with Crippen LogP contribution in [-0.4, -0.2) is 32.9 Å². The lowest BCUT2D eigenvalue weighted by Gasteiger charge is -2.32. The lowest BCUT2D eigenvalue weighted by atomic mass is 9.79. The molecule has 8 rings (SSSR count). The SMILES string of the molecule is CC1(C)OB(c2ccc3c4ccccc4n(-c4nc(-c5cccc6ccccc56)c5ccccc5n4)c3c2)OC1(C)C. The largest absolute Gasteiger partial charge is 0.494 e. The number of benzene rings is 5. The highest BCUT2D eigenvalue weighted by molar-refractivity contribution is 6.62. The molecular weight excluding hydrogens is 517 g/mol. The zero-order valence-corrected chi connectivity index (χ0v) is 24.1. The van der Waals surface area contributed by atoms with Gasteiger partial charge in [-0.1, -0.05) is 91.0 Å². The maximum Gasteiger partial charge on any atom is 0.494 e. The smallest absolute Gasteiger partial charge is 0.399 e. The normalized spacial score (nSPS) is 16.2. The third-order valence-electron chi connectivity index (χ3n) is 9.06. The van der Waals surface area contributed by atoms with E-state index in [9.17, 15) is 0 Å². The average Bonchev–Trinajstić information content (AvgIpc) is 3.44. The number of rotatable bonds is 3. The van der Waals surface area contributed by atoms with Gasteiger partial charge in [0.1, 0.15) is 0 Å². The van der Waals surface area contributed by atoms with Gasteiger partial charge < -0.3 is 9.31 Å². The molecular formula is C36H30BN3O2. The van der Waals surface area contributed by atoms with E-state index in [2.05, 4.69) is 135 Å². The van der Waals surface area contributed by atoms with Gasteiger partial charge in [-0.15, -0.1) is 0 Å². The first-order valence-electron chi connectivity index (χ1n) is 14.4. The van der Waals surface area contributed by atoms with Crippen molar-refractivity contribution in [1.82, 2.24) is 14.5 Å². The van der Waals surface area contributed by atoms with Gasteiger partial charge in [0.25, 0.3) is 0 Å². The summed E-state index contributed by atoms with van der Waals surface area (Å²) in [5, 5.41) is 5.66. The van der Waals surface area contributed by atoms with Crippen LogP contribution in [0.2, 0.25) is 0 Å². The van der Waals surface area contributed by atoms with Crippen LogP contribution < -0.4 is 5.46 Å². The summed E-state index contributed by atoms with van der Waals surface area (Å²) in [5.41, 5.74) is 5.11. The van der Waals surface area contributed by atoms with E-state index in [-0.39, 0.29) is 0 Å². The molecule has 1 saturated heterocycles. The molecule has 3 heterocycles. The van der Waals surface area contributed by atoms with E-state index in [1.165, 1.54) is 10.8 Å². The summed E-state index contributed by atoms with van der Waals surface area (Å²) < 4.78 is 15.0. The standard InChI is InChI=1S/C36H30BN3O2/c1-35(2)36(3,4)42-37(41-35)24-20-21-27-26-15-8-10-19-31(26)40(32(27)22-24)34-38-30-18-9-7-16-29(30)33(39-34)28-17-11-13-23-12-5-6-14-25(23)28/h5-22H,1-4H3. The second-order valence-electron chi connectivity index (χ2n) is 12.1. The Balaban J connectivity index is 1.41. The predicted molar refractivity (Wildman–Crippen MR) is 173 cm³/mol. The van der Waals surface area contributed by atoms with Gasteiger partial charge in [-0.2, -0.15) is 0 Å². The third kappa shape index (κ3) is 3.72. The van der Waals surface area contributed by atoms with Crippen LogP contribution in [0, 0.1) is 0 Å². The van der Waals surface area contributed by atoms with Crippen molar-refractivity contribution >= 4 is 56.1 Å². The number of hydrogen-bond donors (Lipinski definition) is 0. The van der Waals surface area contributed by atoms with Crippen LogP contribution >= 0.6 is 0 Å². The number of para-hydroxylation sites is 2. The molecule has 0 saturated carbocycles. The zero-order chi connectivity index (χ0) is 28.6. The van der Waals surface area contributed by atoms with Crippen molar-refractivity contribution in [3.05, 3.63) is 109 Å². The lowest BCUT2D eigenvalue weighted by molar-refractivity contribution is 0.00578. The van der Waals surface area contributed by atoms with Crippen LogP contribution in [0.1, 0.15) is 27.7 Å². The Hall–Kier alpha value is -4.52. The highest BCUT2D eigenvalue weighted by Crippen LogP contribution is 2.38. The molecule has 0 amide bonds. The van der Waals surface area contributed by atoms with Gasteiger partial charge in [-0.25, -0.2) is 9.97 Å². The molecule has 0 aliphatic carbocycles. The van der Waals surface area contributed by atoms with Gasteiger partial charge in [-0.3, -0.25) is 4.57 Å². The minimum atomic E-state index is -0.463. The van der Waals surface area contributed by atoms with Gasteiger partial charge in [0.15, 0.2) is 0 Å². The molecule has 1 aliphatic heterocycles. The van der Waals surface area contributed by atoms with E-state index < -0.39 is 18.3 Å². The van der Waals surface area contributed by atoms with Crippen molar-refractivity contribution in [2.45, 2.75) is 38.9 Å². The van der Waals surface area contributed by atoms with Gasteiger partial charge in [0, 0.05) is 21.7 Å². The molecule has 42 heavy (non-hydrogen) atoms. The van der Waals surface area contributed by atoms with Gasteiger partial charge in [0.05, 0.1) is 33.4 Å². The molecule has 2 aromatic heterocycles. The van der Waals surface area contributed by atoms with E-state index in [1.54, 1.807) is 0 Å². The van der Waals surface area contributed by atoms with Crippen LogP contribution in [0.3, 0.4) is 0 Å². The fraction of sp³-hybridized carbons (Fsp3) is 0.167. The van der Waals surface area contributed by atoms with Crippen molar-refractivity contribution in [3.8, 4) is 17.2 Å². The van der Waals surface area contributed by atoms with E-state index >= 15 is 0 Å². The third-order valence-corrected chi connectivity index (χ3v) is 9.06. The molecule has 5 nitrogen and oxygen atoms in total. The van der Waals surface area contributed by atoms with Gasteiger partial charge in [0.2, 0.25) is 5.95 Å². The second-order valence-corrected chi connectivity index (χ2v) is 12.1. The maximum absolute atomic E-state index is 6.43. The molecule has 1 fully saturated rings. The summed E-state index contributed by atoms with van der Waals surface area (Å²) in [6.45, 7) is 8.33. The molecule has 0 atom stereocenters. The molecule has 204 valence electrons. The Labute approximate surface area is 244 Å². The number of nitrogens with zero attached hydrogens (tertiary/aromatic N) is 3. The van der Waals surface area contributed by atoms with Gasteiger partial charge in [-0.05, 0) is 62.1 Å². The van der Waals surface area contributed by atoms with Crippen molar-refractivity contribution in [2.75, 3.05) is 0 Å². The average molecular weight is 547 g/mol. The first kappa shape index (κ1) is 25.2. The Morgan fingerprint density at radius 3 is 2.05 bits per heavy atom. The van der Waals surface area contributed by atoms with Crippen LogP contribution in [0.25, 0.3) is 60.7 Å². The summed E-state index contributed by atoms with van der Waals surface area (Å²) in [5.74, 6) is 0.633. The predicted octanol–water partition coefficient (Wildman–Crippen LogP) is 7.85. The summed E-state index contributed by atoms with van der Waals surface area (Å²) in [6.07, 6.45) is 0. The maximum atomic E-state index is 6.43. The van der Waals surface area contributed by atoms with Crippen LogP contribution in [-0.2, 0) is 9.31 Å². The fourth-order valence-electron chi connectivity index (χ4n) is 6.13. The molecule has 0 spiro atoms. The molecule has 6 heteroatoms. The second kappa shape index (κ2) is 8.99. The number of aromatic nitrogens is 3. The van der Waals surface area contributed by atoms with E-state index in [0.29, 0.717) is 5.95 Å². The minimum Gasteiger partial charge on any atom is -0.399 e. The van der Waals surface area contributed by atoms with E-state index in [0.717, 1.165) is 49.4 Å². The monoisotopic (exact) mass is 547 g/mol. The first-order valence-corrected chi connectivity index (χ1v) is 14.4. The molecule has 0 unspecified atom stereocenters. The Morgan fingerprint density at radius 2 is 1.24 bits per heavy atom. The lowest BCUT2D eigenvalue weighted by Crippen LogP contribution is -2.41. The van der Waals surface area contributed by atoms with Crippen LogP contribution in [0.15, 0.2) is 109 Å². The van der Waals surface area contributed by atoms with E-state index in [4.69, 9.17) is 19.3 Å². The molecule has 0 N–H and O–H groups in total. The summed E-state index contributed by atoms with van der Waals surface area (Å²) in [7, 11) is -0.463. The first-order chi connectivity index (χ1) is 20.3. The number of fused-ring (bicyclic) bond motifs is 5. The summed E-state index contributed by atoms with van der Waals surface area (Å²) >= 11 is 0. The Kier molecular flexibility index (Phi) is 5.40. The van der Waals surface area contributed by atoms with Crippen molar-refractivity contribution < 1.29 is 9.31 Å². The topological polar surface area (TPSA) is 49.2 Å². The van der Waals surface area contributed by atoms with E-state index in [1.807, 2.05) is 6.07 Å². The highest BCUT2D eigenvalue weighted by Gasteiger charge is 2.51. The Bertz CT molecular complexity index is 2160. The highest BCUT2D eigenvalue weighted by atomic mass is 16.7. The van der Waals surface area contributed by atoms with Crippen molar-refractivity contribution in [2.24, 2.45) is 0 Å². The fourth-order valence-corrected chi connectivity index (χ4v) is 6.13. The van der Waals surface area contributed by atoms with Crippen LogP contribution in [0.4, 0.5) is 0 Å². The summed E-state index contributed by atoms with van der Waals surface area (Å²) in [4.78, 5) is 10.5. The molecule has 7 aromatic rings. The molecule has 5 aromatic carbocycles. The van der Waals surface area contributed by atoms with Crippen molar-refractivity contribution in [3.63, 3.8) is 0 Å². The Morgan fingerprint density at radius 1 is 0.595 bits per heavy atom. The molecule has 0 radical (unpaired) electrons. The zero-order valence-electron chi connectivity index (χ0n) is 24.1. The molecule has 0 bridgehead atoms. The quantitative estimate of drug-likeness (QED) is 0.212. The number of hydrogen-bond acceptors (Lipinski definition) is 4. The minimum absolute atomic E-state index is 0.422. The van der Waals surface area contributed by atoms with Crippen molar-refractivity contribution in [1.29, 1.82) is 0 Å². The van der Waals surface area contributed by atoms with Gasteiger partial charge >= 0.3 is 7.12 Å². The summed E-state index contributed by atoms with van der Waals surface area (Å²) in [6, 6.07) is 38.0. The molecule has 1 aliphatic rings.